The second-order valence-corrected chi connectivity index (χ2v) is 6.15. The second-order valence-electron chi connectivity index (χ2n) is 6.15. The Labute approximate surface area is 117 Å². The topological polar surface area (TPSA) is 41.5 Å². The van der Waals surface area contributed by atoms with E-state index in [1.54, 1.807) is 7.11 Å². The predicted molar refractivity (Wildman–Crippen MR) is 79.4 cm³/mol. The fourth-order valence-electron chi connectivity index (χ4n) is 1.94. The number of hydrogen-bond acceptors (Lipinski definition) is 3. The molecular weight excluding hydrogens is 238 g/mol. The Morgan fingerprint density at radius 2 is 1.79 bits per heavy atom. The maximum atomic E-state index is 10.1. The lowest BCUT2D eigenvalue weighted by atomic mass is 9.86. The fraction of sp³-hybridized carbons (Fsp3) is 0.625. The van der Waals surface area contributed by atoms with E-state index < -0.39 is 6.10 Å². The molecule has 0 aliphatic rings. The van der Waals surface area contributed by atoms with E-state index in [1.165, 1.54) is 5.56 Å². The zero-order valence-corrected chi connectivity index (χ0v) is 12.7. The third-order valence-corrected chi connectivity index (χ3v) is 3.24. The highest BCUT2D eigenvalue weighted by atomic mass is 16.5. The third kappa shape index (κ3) is 5.31. The van der Waals surface area contributed by atoms with E-state index in [2.05, 4.69) is 38.2 Å². The minimum atomic E-state index is -0.478. The first-order chi connectivity index (χ1) is 8.84. The van der Waals surface area contributed by atoms with Crippen LogP contribution in [0.1, 0.15) is 44.9 Å². The van der Waals surface area contributed by atoms with Crippen molar-refractivity contribution >= 4 is 0 Å². The number of rotatable bonds is 6. The van der Waals surface area contributed by atoms with Crippen LogP contribution >= 0.6 is 0 Å². The first kappa shape index (κ1) is 16.2. The molecule has 1 aromatic carbocycles. The lowest BCUT2D eigenvalue weighted by Gasteiger charge is -2.21. The Kier molecular flexibility index (Phi) is 5.98. The van der Waals surface area contributed by atoms with Crippen LogP contribution in [0.25, 0.3) is 0 Å². The van der Waals surface area contributed by atoms with Gasteiger partial charge in [-0.2, -0.15) is 0 Å². The van der Waals surface area contributed by atoms with Crippen molar-refractivity contribution in [3.05, 3.63) is 35.4 Å². The Morgan fingerprint density at radius 1 is 1.21 bits per heavy atom. The van der Waals surface area contributed by atoms with E-state index in [0.717, 1.165) is 5.56 Å². The van der Waals surface area contributed by atoms with Gasteiger partial charge in [-0.25, -0.2) is 0 Å². The van der Waals surface area contributed by atoms with Crippen LogP contribution in [0.2, 0.25) is 0 Å². The molecule has 0 amide bonds. The van der Waals surface area contributed by atoms with Crippen LogP contribution in [-0.2, 0) is 10.2 Å². The summed E-state index contributed by atoms with van der Waals surface area (Å²) in [5.41, 5.74) is 2.38. The van der Waals surface area contributed by atoms with Crippen LogP contribution in [0.15, 0.2) is 24.3 Å². The van der Waals surface area contributed by atoms with Crippen LogP contribution < -0.4 is 5.32 Å². The van der Waals surface area contributed by atoms with Gasteiger partial charge < -0.3 is 15.2 Å². The average Bonchev–Trinajstić information content (AvgIpc) is 2.35. The molecule has 0 radical (unpaired) electrons. The molecule has 0 heterocycles. The summed E-state index contributed by atoms with van der Waals surface area (Å²) in [5.74, 6) is 0. The Bertz CT molecular complexity index is 367. The summed E-state index contributed by atoms with van der Waals surface area (Å²) in [6.45, 7) is 9.79. The first-order valence-electron chi connectivity index (χ1n) is 6.85. The molecule has 2 atom stereocenters. The predicted octanol–water partition coefficient (Wildman–Crippen LogP) is 2.64. The third-order valence-electron chi connectivity index (χ3n) is 3.24. The van der Waals surface area contributed by atoms with Crippen LogP contribution in [0.5, 0.6) is 0 Å². The van der Waals surface area contributed by atoms with Crippen molar-refractivity contribution in [1.82, 2.24) is 5.32 Å². The monoisotopic (exact) mass is 265 g/mol. The molecule has 3 heteroatoms. The second kappa shape index (κ2) is 7.04. The van der Waals surface area contributed by atoms with Crippen LogP contribution in [0.4, 0.5) is 0 Å². The number of hydrogen-bond donors (Lipinski definition) is 2. The Morgan fingerprint density at radius 3 is 2.26 bits per heavy atom. The molecule has 0 aromatic heterocycles. The number of nitrogens with one attached hydrogen (secondary N) is 1. The van der Waals surface area contributed by atoms with Crippen molar-refractivity contribution in [3.63, 3.8) is 0 Å². The van der Waals surface area contributed by atoms with Gasteiger partial charge in [-0.15, -0.1) is 0 Å². The van der Waals surface area contributed by atoms with E-state index in [0.29, 0.717) is 13.2 Å². The molecule has 0 fully saturated rings. The van der Waals surface area contributed by atoms with Crippen LogP contribution in [-0.4, -0.2) is 31.4 Å². The smallest absolute Gasteiger partial charge is 0.0914 e. The van der Waals surface area contributed by atoms with Gasteiger partial charge in [0.1, 0.15) is 0 Å². The first-order valence-corrected chi connectivity index (χ1v) is 6.85. The van der Waals surface area contributed by atoms with Gasteiger partial charge in [0.15, 0.2) is 0 Å². The molecule has 1 aromatic rings. The summed E-state index contributed by atoms with van der Waals surface area (Å²) in [4.78, 5) is 0. The molecule has 2 N–H and O–H groups in total. The average molecular weight is 265 g/mol. The fourth-order valence-corrected chi connectivity index (χ4v) is 1.94. The van der Waals surface area contributed by atoms with Gasteiger partial charge in [-0.1, -0.05) is 45.0 Å². The van der Waals surface area contributed by atoms with Crippen molar-refractivity contribution in [2.45, 2.75) is 45.3 Å². The van der Waals surface area contributed by atoms with Crippen molar-refractivity contribution in [2.24, 2.45) is 0 Å². The normalized spacial score (nSPS) is 15.3. The minimum absolute atomic E-state index is 0.148. The molecular formula is C16H27NO2. The molecule has 1 rings (SSSR count). The van der Waals surface area contributed by atoms with Crippen LogP contribution in [0, 0.1) is 0 Å². The molecule has 2 unspecified atom stereocenters. The largest absolute Gasteiger partial charge is 0.387 e. The van der Waals surface area contributed by atoms with Gasteiger partial charge in [0.25, 0.3) is 0 Å². The van der Waals surface area contributed by atoms with Gasteiger partial charge in [-0.3, -0.25) is 0 Å². The minimum Gasteiger partial charge on any atom is -0.387 e. The van der Waals surface area contributed by atoms with Crippen molar-refractivity contribution in [3.8, 4) is 0 Å². The maximum Gasteiger partial charge on any atom is 0.0914 e. The van der Waals surface area contributed by atoms with Gasteiger partial charge in [0.2, 0.25) is 0 Å². The quantitative estimate of drug-likeness (QED) is 0.831. The van der Waals surface area contributed by atoms with E-state index in [-0.39, 0.29) is 11.5 Å². The van der Waals surface area contributed by atoms with E-state index in [9.17, 15) is 5.11 Å². The van der Waals surface area contributed by atoms with Gasteiger partial charge >= 0.3 is 0 Å². The number of aliphatic hydroxyl groups is 1. The summed E-state index contributed by atoms with van der Waals surface area (Å²) < 4.78 is 5.05. The van der Waals surface area contributed by atoms with Gasteiger partial charge in [0, 0.05) is 19.7 Å². The standard InChI is InChI=1S/C16H27NO2/c1-12(11-19-5)17-10-15(18)13-6-8-14(9-7-13)16(2,3)4/h6-9,12,15,17-18H,10-11H2,1-5H3. The lowest BCUT2D eigenvalue weighted by molar-refractivity contribution is 0.143. The number of aliphatic hydroxyl groups excluding tert-OH is 1. The molecule has 0 aliphatic heterocycles. The maximum absolute atomic E-state index is 10.1. The molecule has 0 saturated carbocycles. The Balaban J connectivity index is 2.56. The van der Waals surface area contributed by atoms with E-state index >= 15 is 0 Å². The SMILES string of the molecule is COCC(C)NCC(O)c1ccc(C(C)(C)C)cc1. The number of methoxy groups -OCH3 is 1. The zero-order valence-electron chi connectivity index (χ0n) is 12.7. The lowest BCUT2D eigenvalue weighted by Crippen LogP contribution is -2.33. The molecule has 0 aliphatic carbocycles. The van der Waals surface area contributed by atoms with Gasteiger partial charge in [-0.05, 0) is 23.5 Å². The van der Waals surface area contributed by atoms with Crippen molar-refractivity contribution in [2.75, 3.05) is 20.3 Å². The summed E-state index contributed by atoms with van der Waals surface area (Å²) >= 11 is 0. The Hall–Kier alpha value is -0.900. The van der Waals surface area contributed by atoms with E-state index in [4.69, 9.17) is 4.74 Å². The molecule has 19 heavy (non-hydrogen) atoms. The molecule has 108 valence electrons. The summed E-state index contributed by atoms with van der Waals surface area (Å²) in [7, 11) is 1.68. The highest BCUT2D eigenvalue weighted by Crippen LogP contribution is 2.23. The highest BCUT2D eigenvalue weighted by molar-refractivity contribution is 5.28. The summed E-state index contributed by atoms with van der Waals surface area (Å²) in [6.07, 6.45) is -0.478. The van der Waals surface area contributed by atoms with Crippen molar-refractivity contribution < 1.29 is 9.84 Å². The van der Waals surface area contributed by atoms with Gasteiger partial charge in [0.05, 0.1) is 12.7 Å². The van der Waals surface area contributed by atoms with Crippen molar-refractivity contribution in [1.29, 1.82) is 0 Å². The molecule has 0 saturated heterocycles. The summed E-state index contributed by atoms with van der Waals surface area (Å²) in [5, 5.41) is 13.4. The number of ether oxygens (including phenoxy) is 1. The molecule has 0 bridgehead atoms. The zero-order chi connectivity index (χ0) is 14.5. The van der Waals surface area contributed by atoms with E-state index in [1.807, 2.05) is 19.1 Å². The van der Waals surface area contributed by atoms with Crippen LogP contribution in [0.3, 0.4) is 0 Å². The molecule has 0 spiro atoms. The number of benzene rings is 1. The highest BCUT2D eigenvalue weighted by Gasteiger charge is 2.14. The molecule has 3 nitrogen and oxygen atoms in total. The summed E-state index contributed by atoms with van der Waals surface area (Å²) in [6, 6.07) is 8.45.